The minimum absolute atomic E-state index is 0.0112. The van der Waals surface area contributed by atoms with Gasteiger partial charge in [-0.3, -0.25) is 9.59 Å². The Bertz CT molecular complexity index is 656. The SMILES string of the molecule is Cc1cc(C)cc(NC(=O)[C@]23CC[C@@](C)(C(=O)C2)C3(C)C)c1. The lowest BCUT2D eigenvalue weighted by Gasteiger charge is -2.38. The summed E-state index contributed by atoms with van der Waals surface area (Å²) in [6.45, 7) is 10.3. The van der Waals surface area contributed by atoms with Crippen LogP contribution in [0, 0.1) is 30.1 Å². The van der Waals surface area contributed by atoms with Crippen molar-refractivity contribution in [1.29, 1.82) is 0 Å². The van der Waals surface area contributed by atoms with Crippen LogP contribution in [0.15, 0.2) is 18.2 Å². The van der Waals surface area contributed by atoms with Gasteiger partial charge in [-0.25, -0.2) is 0 Å². The maximum absolute atomic E-state index is 13.1. The molecule has 0 aliphatic heterocycles. The van der Waals surface area contributed by atoms with E-state index in [0.717, 1.165) is 29.7 Å². The van der Waals surface area contributed by atoms with Crippen LogP contribution >= 0.6 is 0 Å². The summed E-state index contributed by atoms with van der Waals surface area (Å²) in [5, 5.41) is 3.09. The minimum Gasteiger partial charge on any atom is -0.326 e. The Morgan fingerprint density at radius 1 is 1.05 bits per heavy atom. The number of fused-ring (bicyclic) bond motifs is 2. The van der Waals surface area contributed by atoms with Crippen LogP contribution in [0.4, 0.5) is 5.69 Å². The molecule has 0 radical (unpaired) electrons. The molecule has 3 heteroatoms. The monoisotopic (exact) mass is 299 g/mol. The van der Waals surface area contributed by atoms with Crippen molar-refractivity contribution in [2.24, 2.45) is 16.2 Å². The molecule has 3 rings (SSSR count). The largest absolute Gasteiger partial charge is 0.326 e. The van der Waals surface area contributed by atoms with Crippen LogP contribution in [-0.2, 0) is 9.59 Å². The number of rotatable bonds is 2. The van der Waals surface area contributed by atoms with Crippen LogP contribution < -0.4 is 5.32 Å². The van der Waals surface area contributed by atoms with E-state index in [9.17, 15) is 9.59 Å². The molecule has 22 heavy (non-hydrogen) atoms. The molecule has 0 heterocycles. The number of aryl methyl sites for hydroxylation is 2. The van der Waals surface area contributed by atoms with Crippen LogP contribution in [0.3, 0.4) is 0 Å². The molecule has 1 amide bonds. The van der Waals surface area contributed by atoms with Gasteiger partial charge < -0.3 is 5.32 Å². The number of hydrogen-bond acceptors (Lipinski definition) is 2. The number of hydrogen-bond donors (Lipinski definition) is 1. The molecule has 2 saturated carbocycles. The lowest BCUT2D eigenvalue weighted by molar-refractivity contribution is -0.131. The van der Waals surface area contributed by atoms with Crippen LogP contribution in [0.1, 0.15) is 51.2 Å². The van der Waals surface area contributed by atoms with E-state index in [1.807, 2.05) is 32.9 Å². The molecule has 1 aromatic rings. The first-order valence-corrected chi connectivity index (χ1v) is 8.05. The van der Waals surface area contributed by atoms with Crippen molar-refractivity contribution in [3.05, 3.63) is 29.3 Å². The number of benzene rings is 1. The molecule has 2 bridgehead atoms. The van der Waals surface area contributed by atoms with Crippen molar-refractivity contribution in [3.8, 4) is 0 Å². The van der Waals surface area contributed by atoms with Crippen LogP contribution in [-0.4, -0.2) is 11.7 Å². The molecule has 3 nitrogen and oxygen atoms in total. The Morgan fingerprint density at radius 2 is 1.64 bits per heavy atom. The number of amides is 1. The second-order valence-electron chi connectivity index (χ2n) is 7.97. The summed E-state index contributed by atoms with van der Waals surface area (Å²) in [6.07, 6.45) is 2.01. The van der Waals surface area contributed by atoms with Gasteiger partial charge in [0.1, 0.15) is 5.78 Å². The van der Waals surface area contributed by atoms with Crippen molar-refractivity contribution in [2.45, 2.75) is 53.9 Å². The van der Waals surface area contributed by atoms with Crippen molar-refractivity contribution in [1.82, 2.24) is 0 Å². The van der Waals surface area contributed by atoms with Gasteiger partial charge in [0.15, 0.2) is 0 Å². The normalized spacial score (nSPS) is 32.3. The zero-order valence-electron chi connectivity index (χ0n) is 14.2. The Balaban J connectivity index is 1.94. The van der Waals surface area contributed by atoms with E-state index >= 15 is 0 Å². The lowest BCUT2D eigenvalue weighted by atomic mass is 9.64. The number of nitrogens with one attached hydrogen (secondary N) is 1. The summed E-state index contributed by atoms with van der Waals surface area (Å²) < 4.78 is 0. The predicted molar refractivity (Wildman–Crippen MR) is 87.7 cm³/mol. The highest BCUT2D eigenvalue weighted by Gasteiger charge is 2.72. The molecular weight excluding hydrogens is 274 g/mol. The third-order valence-corrected chi connectivity index (χ3v) is 6.62. The van der Waals surface area contributed by atoms with Gasteiger partial charge in [-0.2, -0.15) is 0 Å². The number of Topliss-reactive ketones (excluding diaryl/α,β-unsaturated/α-hetero) is 1. The van der Waals surface area contributed by atoms with Crippen molar-refractivity contribution in [2.75, 3.05) is 5.32 Å². The summed E-state index contributed by atoms with van der Waals surface area (Å²) in [6, 6.07) is 6.06. The fraction of sp³-hybridized carbons (Fsp3) is 0.579. The zero-order valence-corrected chi connectivity index (χ0v) is 14.2. The maximum atomic E-state index is 13.1. The molecule has 0 saturated heterocycles. The molecule has 0 unspecified atom stereocenters. The van der Waals surface area contributed by atoms with Gasteiger partial charge in [-0.1, -0.05) is 26.8 Å². The third-order valence-electron chi connectivity index (χ3n) is 6.62. The second kappa shape index (κ2) is 4.43. The average Bonchev–Trinajstić information content (AvgIpc) is 2.67. The highest BCUT2D eigenvalue weighted by molar-refractivity contribution is 6.04. The molecule has 0 aromatic heterocycles. The van der Waals surface area contributed by atoms with Crippen LogP contribution in [0.25, 0.3) is 0 Å². The van der Waals surface area contributed by atoms with E-state index in [1.165, 1.54) is 0 Å². The Hall–Kier alpha value is -1.64. The maximum Gasteiger partial charge on any atom is 0.231 e. The molecule has 2 atom stereocenters. The molecule has 2 aliphatic carbocycles. The zero-order chi connectivity index (χ0) is 16.3. The molecule has 1 aromatic carbocycles. The summed E-state index contributed by atoms with van der Waals surface area (Å²) in [5.41, 5.74) is 1.89. The summed E-state index contributed by atoms with van der Waals surface area (Å²) in [5.74, 6) is 0.261. The fourth-order valence-electron chi connectivity index (χ4n) is 4.66. The Morgan fingerprint density at radius 3 is 2.09 bits per heavy atom. The predicted octanol–water partition coefficient (Wildman–Crippen LogP) is 4.03. The second-order valence-corrected chi connectivity index (χ2v) is 7.97. The third kappa shape index (κ3) is 1.74. The van der Waals surface area contributed by atoms with Gasteiger partial charge in [0.25, 0.3) is 0 Å². The van der Waals surface area contributed by atoms with E-state index in [4.69, 9.17) is 0 Å². The fourth-order valence-corrected chi connectivity index (χ4v) is 4.66. The van der Waals surface area contributed by atoms with Gasteiger partial charge in [0.05, 0.1) is 5.41 Å². The lowest BCUT2D eigenvalue weighted by Crippen LogP contribution is -2.43. The standard InChI is InChI=1S/C19H25NO2/c1-12-8-13(2)10-14(9-12)20-16(22)19-7-6-18(5,15(21)11-19)17(19,3)4/h8-10H,6-7,11H2,1-5H3,(H,20,22)/t18-,19-/m0/s1. The van der Waals surface area contributed by atoms with Gasteiger partial charge in [0, 0.05) is 17.5 Å². The molecule has 118 valence electrons. The summed E-state index contributed by atoms with van der Waals surface area (Å²) in [4.78, 5) is 25.5. The number of carbonyl (C=O) groups is 2. The molecule has 1 N–H and O–H groups in total. The number of anilines is 1. The van der Waals surface area contributed by atoms with E-state index in [1.54, 1.807) is 0 Å². The Labute approximate surface area is 132 Å². The summed E-state index contributed by atoms with van der Waals surface area (Å²) in [7, 11) is 0. The summed E-state index contributed by atoms with van der Waals surface area (Å²) >= 11 is 0. The van der Waals surface area contributed by atoms with E-state index in [-0.39, 0.29) is 22.5 Å². The van der Waals surface area contributed by atoms with E-state index in [2.05, 4.69) is 25.2 Å². The smallest absolute Gasteiger partial charge is 0.231 e. The van der Waals surface area contributed by atoms with Crippen LogP contribution in [0.2, 0.25) is 0 Å². The van der Waals surface area contributed by atoms with Crippen molar-refractivity contribution in [3.63, 3.8) is 0 Å². The van der Waals surface area contributed by atoms with Gasteiger partial charge in [-0.05, 0) is 55.4 Å². The average molecular weight is 299 g/mol. The minimum atomic E-state index is -0.559. The molecule has 0 spiro atoms. The van der Waals surface area contributed by atoms with Crippen LogP contribution in [0.5, 0.6) is 0 Å². The molecule has 2 fully saturated rings. The first kappa shape index (κ1) is 15.3. The number of ketones is 1. The van der Waals surface area contributed by atoms with Gasteiger partial charge in [0.2, 0.25) is 5.91 Å². The van der Waals surface area contributed by atoms with E-state index in [0.29, 0.717) is 6.42 Å². The van der Waals surface area contributed by atoms with Crippen molar-refractivity contribution >= 4 is 17.4 Å². The molecular formula is C19H25NO2. The first-order valence-electron chi connectivity index (χ1n) is 8.05. The first-order chi connectivity index (χ1) is 10.1. The quantitative estimate of drug-likeness (QED) is 0.896. The molecule has 2 aliphatic rings. The highest BCUT2D eigenvalue weighted by Crippen LogP contribution is 2.70. The Kier molecular flexibility index (Phi) is 3.08. The number of carbonyl (C=O) groups excluding carboxylic acids is 2. The topological polar surface area (TPSA) is 46.2 Å². The highest BCUT2D eigenvalue weighted by atomic mass is 16.2. The van der Waals surface area contributed by atoms with Gasteiger partial charge in [-0.15, -0.1) is 0 Å². The van der Waals surface area contributed by atoms with E-state index < -0.39 is 5.41 Å². The van der Waals surface area contributed by atoms with Crippen molar-refractivity contribution < 1.29 is 9.59 Å². The van der Waals surface area contributed by atoms with Gasteiger partial charge >= 0.3 is 0 Å².